The van der Waals surface area contributed by atoms with Crippen LogP contribution in [0.1, 0.15) is 22.4 Å². The van der Waals surface area contributed by atoms with Crippen LogP contribution in [0.25, 0.3) is 11.1 Å². The van der Waals surface area contributed by atoms with Crippen LogP contribution in [0.5, 0.6) is 0 Å². The summed E-state index contributed by atoms with van der Waals surface area (Å²) in [5.74, 6) is -1.53. The molecule has 0 aliphatic carbocycles. The van der Waals surface area contributed by atoms with Crippen molar-refractivity contribution in [1.82, 2.24) is 9.97 Å². The topological polar surface area (TPSA) is 111 Å². The number of anilines is 3. The third-order valence-electron chi connectivity index (χ3n) is 4.86. The number of benzene rings is 2. The van der Waals surface area contributed by atoms with Gasteiger partial charge in [-0.1, -0.05) is 47.7 Å². The monoisotopic (exact) mass is 490 g/mol. The standard InChI is InChI=1S/C24H16F2N6S2/c1-13-5-7-14(8-6-13)20-16(9-27)22(29)32-23(17(20)10-28)33-11-15-12-34-24(30-15)31-19-4-2-3-18(25)21(19)26/h2-8,12H,11H2,1H3,(H2,29,32)(H,30,31). The van der Waals surface area contributed by atoms with E-state index in [9.17, 15) is 19.3 Å². The Bertz CT molecular complexity index is 1450. The first kappa shape index (κ1) is 23.2. The predicted octanol–water partition coefficient (Wildman–Crippen LogP) is 6.15. The van der Waals surface area contributed by atoms with Gasteiger partial charge >= 0.3 is 0 Å². The summed E-state index contributed by atoms with van der Waals surface area (Å²) >= 11 is 2.49. The number of aromatic nitrogens is 2. The Morgan fingerprint density at radius 3 is 2.50 bits per heavy atom. The molecular weight excluding hydrogens is 474 g/mol. The van der Waals surface area contributed by atoms with Crippen molar-refractivity contribution in [3.8, 4) is 23.3 Å². The van der Waals surface area contributed by atoms with Crippen molar-refractivity contribution in [2.45, 2.75) is 17.7 Å². The summed E-state index contributed by atoms with van der Waals surface area (Å²) in [6.07, 6.45) is 0. The molecule has 10 heteroatoms. The van der Waals surface area contributed by atoms with E-state index in [0.717, 1.165) is 11.6 Å². The first-order chi connectivity index (χ1) is 16.4. The highest BCUT2D eigenvalue weighted by Crippen LogP contribution is 2.37. The largest absolute Gasteiger partial charge is 0.383 e. The number of pyridine rings is 1. The SMILES string of the molecule is Cc1ccc(-c2c(C#N)c(N)nc(SCc3csc(Nc4cccc(F)c4F)n3)c2C#N)cc1. The number of nitrogens with one attached hydrogen (secondary N) is 1. The van der Waals surface area contributed by atoms with E-state index in [0.29, 0.717) is 32.7 Å². The smallest absolute Gasteiger partial charge is 0.187 e. The van der Waals surface area contributed by atoms with Gasteiger partial charge in [0.25, 0.3) is 0 Å². The molecule has 0 bridgehead atoms. The number of hydrogen-bond donors (Lipinski definition) is 2. The maximum atomic E-state index is 13.9. The van der Waals surface area contributed by atoms with E-state index in [1.807, 2.05) is 31.2 Å². The highest BCUT2D eigenvalue weighted by molar-refractivity contribution is 7.98. The number of rotatable bonds is 6. The van der Waals surface area contributed by atoms with E-state index < -0.39 is 11.6 Å². The van der Waals surface area contributed by atoms with Crippen molar-refractivity contribution < 1.29 is 8.78 Å². The maximum Gasteiger partial charge on any atom is 0.187 e. The first-order valence-electron chi connectivity index (χ1n) is 9.90. The van der Waals surface area contributed by atoms with E-state index in [1.54, 1.807) is 5.38 Å². The second kappa shape index (κ2) is 9.87. The Hall–Kier alpha value is -3.99. The van der Waals surface area contributed by atoms with E-state index >= 15 is 0 Å². The van der Waals surface area contributed by atoms with E-state index in [2.05, 4.69) is 27.4 Å². The fraction of sp³-hybridized carbons (Fsp3) is 0.0833. The van der Waals surface area contributed by atoms with Gasteiger partial charge in [-0.2, -0.15) is 10.5 Å². The van der Waals surface area contributed by atoms with Gasteiger partial charge in [-0.25, -0.2) is 18.7 Å². The lowest BCUT2D eigenvalue weighted by Crippen LogP contribution is -2.03. The van der Waals surface area contributed by atoms with Gasteiger partial charge in [0.05, 0.1) is 16.9 Å². The number of hydrogen-bond acceptors (Lipinski definition) is 8. The van der Waals surface area contributed by atoms with Crippen LogP contribution >= 0.6 is 23.1 Å². The third kappa shape index (κ3) is 4.69. The van der Waals surface area contributed by atoms with Crippen LogP contribution < -0.4 is 11.1 Å². The summed E-state index contributed by atoms with van der Waals surface area (Å²) in [5, 5.41) is 24.9. The quantitative estimate of drug-likeness (QED) is 0.312. The summed E-state index contributed by atoms with van der Waals surface area (Å²) in [6.45, 7) is 1.95. The number of thiazole rings is 1. The predicted molar refractivity (Wildman–Crippen MR) is 130 cm³/mol. The van der Waals surface area contributed by atoms with Crippen LogP contribution in [0.15, 0.2) is 52.9 Å². The van der Waals surface area contributed by atoms with Crippen molar-refractivity contribution in [3.05, 3.63) is 81.9 Å². The Morgan fingerprint density at radius 1 is 1.06 bits per heavy atom. The molecule has 0 unspecified atom stereocenters. The Morgan fingerprint density at radius 2 is 1.79 bits per heavy atom. The first-order valence-corrected chi connectivity index (χ1v) is 11.8. The highest BCUT2D eigenvalue weighted by Gasteiger charge is 2.21. The van der Waals surface area contributed by atoms with Crippen molar-refractivity contribution in [1.29, 1.82) is 10.5 Å². The number of aryl methyl sites for hydroxylation is 1. The van der Waals surface area contributed by atoms with Gasteiger partial charge in [-0.05, 0) is 24.6 Å². The minimum Gasteiger partial charge on any atom is -0.383 e. The van der Waals surface area contributed by atoms with Gasteiger partial charge in [0, 0.05) is 16.7 Å². The molecule has 168 valence electrons. The molecule has 0 aliphatic heterocycles. The van der Waals surface area contributed by atoms with Crippen molar-refractivity contribution in [2.24, 2.45) is 0 Å². The van der Waals surface area contributed by atoms with Crippen molar-refractivity contribution in [3.63, 3.8) is 0 Å². The summed E-state index contributed by atoms with van der Waals surface area (Å²) in [7, 11) is 0. The molecule has 2 aromatic heterocycles. The second-order valence-electron chi connectivity index (χ2n) is 7.18. The third-order valence-corrected chi connectivity index (χ3v) is 6.67. The van der Waals surface area contributed by atoms with Gasteiger partial charge in [0.1, 0.15) is 28.5 Å². The van der Waals surface area contributed by atoms with Crippen LogP contribution in [-0.4, -0.2) is 9.97 Å². The average Bonchev–Trinajstić information content (AvgIpc) is 3.28. The van der Waals surface area contributed by atoms with Crippen LogP contribution in [-0.2, 0) is 5.75 Å². The molecule has 4 rings (SSSR count). The lowest BCUT2D eigenvalue weighted by Gasteiger charge is -2.13. The number of thioether (sulfide) groups is 1. The molecule has 0 aliphatic rings. The van der Waals surface area contributed by atoms with Gasteiger partial charge in [0.15, 0.2) is 16.8 Å². The van der Waals surface area contributed by atoms with E-state index in [-0.39, 0.29) is 22.6 Å². The molecule has 2 heterocycles. The minimum atomic E-state index is -0.979. The summed E-state index contributed by atoms with van der Waals surface area (Å²) in [4.78, 5) is 8.69. The zero-order valence-electron chi connectivity index (χ0n) is 17.8. The molecule has 2 aromatic carbocycles. The number of nitrogens with two attached hydrogens (primary N) is 1. The lowest BCUT2D eigenvalue weighted by atomic mass is 9.96. The van der Waals surface area contributed by atoms with Gasteiger partial charge in [-0.3, -0.25) is 0 Å². The maximum absolute atomic E-state index is 13.9. The van der Waals surface area contributed by atoms with Crippen LogP contribution in [0.3, 0.4) is 0 Å². The van der Waals surface area contributed by atoms with Gasteiger partial charge in [-0.15, -0.1) is 11.3 Å². The molecule has 0 amide bonds. The second-order valence-corrected chi connectivity index (χ2v) is 9.00. The zero-order chi connectivity index (χ0) is 24.2. The molecule has 0 spiro atoms. The van der Waals surface area contributed by atoms with Crippen LogP contribution in [0.2, 0.25) is 0 Å². The normalized spacial score (nSPS) is 10.5. The van der Waals surface area contributed by atoms with E-state index in [1.165, 1.54) is 35.2 Å². The summed E-state index contributed by atoms with van der Waals surface area (Å²) in [5.41, 5.74) is 9.31. The van der Waals surface area contributed by atoms with Crippen LogP contribution in [0.4, 0.5) is 25.4 Å². The van der Waals surface area contributed by atoms with Gasteiger partial charge < -0.3 is 11.1 Å². The molecular formula is C24H16F2N6S2. The molecule has 0 atom stereocenters. The van der Waals surface area contributed by atoms with Gasteiger partial charge in [0.2, 0.25) is 0 Å². The zero-order valence-corrected chi connectivity index (χ0v) is 19.4. The average molecular weight is 491 g/mol. The fourth-order valence-electron chi connectivity index (χ4n) is 3.20. The number of nitrogens with zero attached hydrogens (tertiary/aromatic N) is 4. The van der Waals surface area contributed by atoms with E-state index in [4.69, 9.17) is 5.73 Å². The van der Waals surface area contributed by atoms with Crippen LogP contribution in [0, 0.1) is 41.2 Å². The fourth-order valence-corrected chi connectivity index (χ4v) is 4.92. The van der Waals surface area contributed by atoms with Crippen molar-refractivity contribution in [2.75, 3.05) is 11.1 Å². The Balaban J connectivity index is 1.61. The molecule has 6 nitrogen and oxygen atoms in total. The Kier molecular flexibility index (Phi) is 6.73. The Labute approximate surface area is 202 Å². The van der Waals surface area contributed by atoms with Crippen molar-refractivity contribution >= 4 is 39.7 Å². The molecule has 0 radical (unpaired) electrons. The number of nitriles is 2. The molecule has 0 saturated carbocycles. The molecule has 3 N–H and O–H groups in total. The lowest BCUT2D eigenvalue weighted by molar-refractivity contribution is 0.512. The number of halogens is 2. The summed E-state index contributed by atoms with van der Waals surface area (Å²) < 4.78 is 27.3. The molecule has 4 aromatic rings. The molecule has 34 heavy (non-hydrogen) atoms. The minimum absolute atomic E-state index is 0.00964. The number of nitrogen functional groups attached to an aromatic ring is 1. The molecule has 0 saturated heterocycles. The highest BCUT2D eigenvalue weighted by atomic mass is 32.2. The molecule has 0 fully saturated rings. The summed E-state index contributed by atoms with van der Waals surface area (Å²) in [6, 6.07) is 15.6.